The van der Waals surface area contributed by atoms with Gasteiger partial charge in [0.2, 0.25) is 5.82 Å². The van der Waals surface area contributed by atoms with Gasteiger partial charge in [-0.25, -0.2) is 0 Å². The van der Waals surface area contributed by atoms with Crippen molar-refractivity contribution >= 4 is 51.3 Å². The predicted molar refractivity (Wildman–Crippen MR) is 141 cm³/mol. The molecular weight excluding hydrogens is 570 g/mol. The maximum atomic E-state index is 5.40. The van der Waals surface area contributed by atoms with Crippen LogP contribution in [-0.2, 0) is 5.54 Å². The van der Waals surface area contributed by atoms with Gasteiger partial charge in [0.05, 0.1) is 17.6 Å². The maximum absolute atomic E-state index is 5.40. The van der Waals surface area contributed by atoms with Crippen molar-refractivity contribution < 1.29 is 9.05 Å². The zero-order valence-corrected chi connectivity index (χ0v) is 21.9. The average Bonchev–Trinajstić information content (AvgIpc) is 3.87. The van der Waals surface area contributed by atoms with Crippen molar-refractivity contribution in [2.45, 2.75) is 5.54 Å². The molecule has 7 aromatic heterocycles. The van der Waals surface area contributed by atoms with E-state index in [1.165, 1.54) is 35.6 Å². The smallest absolute Gasteiger partial charge is 0.204 e. The van der Waals surface area contributed by atoms with Gasteiger partial charge in [0.15, 0.2) is 17.6 Å². The highest BCUT2D eigenvalue weighted by atomic mass is 32.1. The Bertz CT molecular complexity index is 1890. The highest BCUT2D eigenvalue weighted by Gasteiger charge is 2.57. The molecule has 19 heteroatoms. The first-order valence-electron chi connectivity index (χ1n) is 11.8. The molecule has 0 aromatic carbocycles. The Morgan fingerprint density at radius 3 is 2.59 bits per heavy atom. The van der Waals surface area contributed by atoms with Gasteiger partial charge < -0.3 is 14.0 Å². The van der Waals surface area contributed by atoms with Crippen molar-refractivity contribution in [2.75, 3.05) is 4.90 Å². The molecule has 200 valence electrons. The molecule has 3 N–H and O–H groups in total. The summed E-state index contributed by atoms with van der Waals surface area (Å²) in [7, 11) is 0. The quantitative estimate of drug-likeness (QED) is 0.245. The van der Waals surface area contributed by atoms with Crippen LogP contribution >= 0.6 is 23.1 Å². The molecule has 1 aliphatic rings. The Labute approximate surface area is 235 Å². The molecule has 0 radical (unpaired) electrons. The SMILES string of the molecule is c1c[nH]c(C2(c3csnn3)C(c3nn[nH]n3)=C(c3cn[nH]n3)C(c3conn3)=C(c3ccsn3)N2c2ccon2)c1. The number of aromatic nitrogens is 14. The standard InChI is InChI=1S/C22H13N15O2S2/c1-2-14(23-5-1)22(15-10-41-36-27-15)19(21-28-33-34-29-21)17(12-8-24-32-25-12)18(13-9-39-35-26-13)20(11-4-7-40-31-11)37(22)16-3-6-38-30-16/h1-10,23H,(H,24,25,32)(H,28,29,33,34). The number of nitrogens with zero attached hydrogens (tertiary/aromatic N) is 12. The molecule has 0 spiro atoms. The molecule has 7 aromatic rings. The van der Waals surface area contributed by atoms with E-state index in [-0.39, 0.29) is 5.82 Å². The van der Waals surface area contributed by atoms with Gasteiger partial charge in [-0.15, -0.1) is 20.4 Å². The van der Waals surface area contributed by atoms with E-state index < -0.39 is 5.54 Å². The fourth-order valence-electron chi connectivity index (χ4n) is 5.16. The number of tetrazole rings is 1. The molecular formula is C22H13N15O2S2. The highest BCUT2D eigenvalue weighted by Crippen LogP contribution is 2.59. The van der Waals surface area contributed by atoms with E-state index in [0.29, 0.717) is 56.7 Å². The van der Waals surface area contributed by atoms with Gasteiger partial charge in [0, 0.05) is 45.0 Å². The molecule has 0 aliphatic carbocycles. The molecule has 0 saturated heterocycles. The van der Waals surface area contributed by atoms with Crippen LogP contribution in [0.15, 0.2) is 69.0 Å². The molecule has 8 rings (SSSR count). The molecule has 0 bridgehead atoms. The van der Waals surface area contributed by atoms with E-state index in [4.69, 9.17) is 13.4 Å². The first kappa shape index (κ1) is 23.2. The summed E-state index contributed by atoms with van der Waals surface area (Å²) < 4.78 is 19.6. The number of anilines is 1. The van der Waals surface area contributed by atoms with E-state index in [0.717, 1.165) is 0 Å². The van der Waals surface area contributed by atoms with Gasteiger partial charge in [-0.3, -0.25) is 4.90 Å². The summed E-state index contributed by atoms with van der Waals surface area (Å²) in [4.78, 5) is 5.32. The summed E-state index contributed by atoms with van der Waals surface area (Å²) >= 11 is 2.48. The van der Waals surface area contributed by atoms with Crippen LogP contribution in [-0.4, -0.2) is 70.5 Å². The summed E-state index contributed by atoms with van der Waals surface area (Å²) in [5, 5.41) is 47.5. The second-order valence-corrected chi connectivity index (χ2v) is 9.79. The van der Waals surface area contributed by atoms with Crippen molar-refractivity contribution in [3.63, 3.8) is 0 Å². The molecule has 17 nitrogen and oxygen atoms in total. The Morgan fingerprint density at radius 1 is 0.927 bits per heavy atom. The Hall–Kier alpha value is -5.69. The van der Waals surface area contributed by atoms with Crippen molar-refractivity contribution in [3.05, 3.63) is 94.2 Å². The molecule has 1 atom stereocenters. The highest BCUT2D eigenvalue weighted by molar-refractivity contribution is 7.03. The summed E-state index contributed by atoms with van der Waals surface area (Å²) in [6, 6.07) is 7.43. The first-order chi connectivity index (χ1) is 20.4. The minimum absolute atomic E-state index is 0.241. The second-order valence-electron chi connectivity index (χ2n) is 8.52. The van der Waals surface area contributed by atoms with Crippen LogP contribution in [0, 0.1) is 0 Å². The third-order valence-electron chi connectivity index (χ3n) is 6.57. The van der Waals surface area contributed by atoms with E-state index in [1.54, 1.807) is 12.3 Å². The van der Waals surface area contributed by atoms with Crippen LogP contribution in [0.25, 0.3) is 22.4 Å². The van der Waals surface area contributed by atoms with Gasteiger partial charge in [0.25, 0.3) is 0 Å². The molecule has 1 aliphatic heterocycles. The van der Waals surface area contributed by atoms with Gasteiger partial charge in [0.1, 0.15) is 29.0 Å². The predicted octanol–water partition coefficient (Wildman–Crippen LogP) is 2.27. The Balaban J connectivity index is 1.66. The van der Waals surface area contributed by atoms with Gasteiger partial charge in [-0.05, 0) is 46.5 Å². The minimum atomic E-state index is -1.36. The topological polar surface area (TPSA) is 219 Å². The number of hydrogen-bond donors (Lipinski definition) is 3. The summed E-state index contributed by atoms with van der Waals surface area (Å²) in [5.74, 6) is 0.662. The zero-order valence-electron chi connectivity index (χ0n) is 20.3. The van der Waals surface area contributed by atoms with Crippen LogP contribution in [0.3, 0.4) is 0 Å². The largest absolute Gasteiger partial charge is 0.363 e. The number of rotatable bonds is 7. The summed E-state index contributed by atoms with van der Waals surface area (Å²) in [6.07, 6.45) is 6.31. The van der Waals surface area contributed by atoms with E-state index in [9.17, 15) is 0 Å². The fraction of sp³-hybridized carbons (Fsp3) is 0.0455. The number of aromatic amines is 3. The molecule has 1 unspecified atom stereocenters. The Morgan fingerprint density at radius 2 is 1.93 bits per heavy atom. The lowest BCUT2D eigenvalue weighted by Crippen LogP contribution is -2.51. The van der Waals surface area contributed by atoms with Gasteiger partial charge in [-0.2, -0.15) is 25.0 Å². The Kier molecular flexibility index (Phi) is 5.21. The van der Waals surface area contributed by atoms with Gasteiger partial charge >= 0.3 is 0 Å². The molecule has 0 saturated carbocycles. The zero-order chi connectivity index (χ0) is 27.2. The second kappa shape index (κ2) is 9.20. The maximum Gasteiger partial charge on any atom is 0.204 e. The number of nitrogens with one attached hydrogen (secondary N) is 3. The lowest BCUT2D eigenvalue weighted by atomic mass is 9.72. The molecule has 0 fully saturated rings. The van der Waals surface area contributed by atoms with Crippen LogP contribution in [0.4, 0.5) is 5.82 Å². The summed E-state index contributed by atoms with van der Waals surface area (Å²) in [6.45, 7) is 0. The molecule has 8 heterocycles. The number of hydrogen-bond acceptors (Lipinski definition) is 16. The van der Waals surface area contributed by atoms with Crippen LogP contribution in [0.2, 0.25) is 0 Å². The van der Waals surface area contributed by atoms with E-state index in [1.807, 2.05) is 40.1 Å². The third-order valence-corrected chi connectivity index (χ3v) is 7.63. The summed E-state index contributed by atoms with van der Waals surface area (Å²) in [5.41, 5.74) is 3.46. The van der Waals surface area contributed by atoms with E-state index in [2.05, 4.69) is 66.1 Å². The van der Waals surface area contributed by atoms with Crippen molar-refractivity contribution in [2.24, 2.45) is 0 Å². The van der Waals surface area contributed by atoms with Gasteiger partial charge in [-0.1, -0.05) is 9.64 Å². The monoisotopic (exact) mass is 583 g/mol. The fourth-order valence-corrected chi connectivity index (χ4v) is 6.17. The van der Waals surface area contributed by atoms with Crippen molar-refractivity contribution in [1.82, 2.24) is 70.5 Å². The van der Waals surface area contributed by atoms with Crippen molar-refractivity contribution in [1.29, 1.82) is 0 Å². The number of H-pyrrole nitrogens is 3. The lowest BCUT2D eigenvalue weighted by molar-refractivity contribution is 0.393. The van der Waals surface area contributed by atoms with Crippen LogP contribution in [0.1, 0.15) is 34.3 Å². The third kappa shape index (κ3) is 3.36. The average molecular weight is 584 g/mol. The molecule has 0 amide bonds. The lowest BCUT2D eigenvalue weighted by Gasteiger charge is -2.47. The minimum Gasteiger partial charge on any atom is -0.363 e. The first-order valence-corrected chi connectivity index (χ1v) is 13.4. The number of allylic oxidation sites excluding steroid dienone is 2. The van der Waals surface area contributed by atoms with Crippen LogP contribution in [0.5, 0.6) is 0 Å². The molecule has 41 heavy (non-hydrogen) atoms. The van der Waals surface area contributed by atoms with Crippen LogP contribution < -0.4 is 4.90 Å². The van der Waals surface area contributed by atoms with E-state index >= 15 is 0 Å². The van der Waals surface area contributed by atoms with Crippen molar-refractivity contribution in [3.8, 4) is 0 Å². The normalized spacial score (nSPS) is 17.6.